The summed E-state index contributed by atoms with van der Waals surface area (Å²) in [5.74, 6) is 0. The fraction of sp³-hybridized carbons (Fsp3) is 0. The third kappa shape index (κ3) is 0.930. The summed E-state index contributed by atoms with van der Waals surface area (Å²) in [6.45, 7) is 0. The normalized spacial score (nSPS) is 11.2. The molecule has 3 aromatic heterocycles. The van der Waals surface area contributed by atoms with Crippen LogP contribution in [0.25, 0.3) is 16.7 Å². The quantitative estimate of drug-likeness (QED) is 0.562. The molecular weight excluding hydrogens is 198 g/mol. The summed E-state index contributed by atoms with van der Waals surface area (Å²) in [7, 11) is 0. The third-order valence-electron chi connectivity index (χ3n) is 2.19. The van der Waals surface area contributed by atoms with Gasteiger partial charge >= 0.3 is 0 Å². The first-order valence-corrected chi connectivity index (χ1v) is 4.60. The van der Waals surface area contributed by atoms with Crippen molar-refractivity contribution in [3.8, 4) is 0 Å². The Bertz CT molecular complexity index is 615. The Morgan fingerprint density at radius 3 is 3.07 bits per heavy atom. The second kappa shape index (κ2) is 2.69. The second-order valence-electron chi connectivity index (χ2n) is 3.03. The van der Waals surface area contributed by atoms with Gasteiger partial charge in [-0.3, -0.25) is 4.40 Å². The van der Waals surface area contributed by atoms with Crippen LogP contribution in [0.4, 0.5) is 0 Å². The lowest BCUT2D eigenvalue weighted by atomic mass is 10.4. The average molecular weight is 204 g/mol. The Balaban J connectivity index is 2.64. The molecule has 0 saturated heterocycles. The standard InChI is InChI=1S/C10H6ClN3/c11-8-3-4-12-10-9(8)13-6-7-2-1-5-14(7)10/h1-6H. The van der Waals surface area contributed by atoms with Gasteiger partial charge < -0.3 is 0 Å². The Morgan fingerprint density at radius 1 is 1.21 bits per heavy atom. The van der Waals surface area contributed by atoms with Crippen molar-refractivity contribution in [2.45, 2.75) is 0 Å². The van der Waals surface area contributed by atoms with Crippen molar-refractivity contribution in [2.75, 3.05) is 0 Å². The Hall–Kier alpha value is -1.61. The van der Waals surface area contributed by atoms with E-state index in [0.717, 1.165) is 16.7 Å². The molecule has 0 aliphatic carbocycles. The zero-order valence-electron chi connectivity index (χ0n) is 7.18. The first-order valence-electron chi connectivity index (χ1n) is 4.22. The molecule has 0 saturated carbocycles. The smallest absolute Gasteiger partial charge is 0.164 e. The number of pyridine rings is 1. The van der Waals surface area contributed by atoms with Gasteiger partial charge in [-0.05, 0) is 18.2 Å². The number of hydrogen-bond acceptors (Lipinski definition) is 2. The van der Waals surface area contributed by atoms with E-state index in [9.17, 15) is 0 Å². The first-order chi connectivity index (χ1) is 6.86. The molecule has 0 radical (unpaired) electrons. The predicted molar refractivity (Wildman–Crippen MR) is 55.5 cm³/mol. The Kier molecular flexibility index (Phi) is 1.49. The number of aromatic nitrogens is 3. The summed E-state index contributed by atoms with van der Waals surface area (Å²) >= 11 is 6.01. The van der Waals surface area contributed by atoms with Crippen molar-refractivity contribution in [2.24, 2.45) is 0 Å². The van der Waals surface area contributed by atoms with Gasteiger partial charge in [-0.25, -0.2) is 9.97 Å². The molecule has 0 bridgehead atoms. The van der Waals surface area contributed by atoms with Gasteiger partial charge in [0, 0.05) is 12.4 Å². The molecule has 3 nitrogen and oxygen atoms in total. The van der Waals surface area contributed by atoms with Crippen molar-refractivity contribution in [3.05, 3.63) is 41.8 Å². The van der Waals surface area contributed by atoms with Crippen molar-refractivity contribution in [3.63, 3.8) is 0 Å². The van der Waals surface area contributed by atoms with E-state index in [1.54, 1.807) is 18.5 Å². The summed E-state index contributed by atoms with van der Waals surface area (Å²) in [5.41, 5.74) is 2.55. The minimum atomic E-state index is 0.630. The lowest BCUT2D eigenvalue weighted by Gasteiger charge is -2.01. The molecule has 0 atom stereocenters. The lowest BCUT2D eigenvalue weighted by molar-refractivity contribution is 1.17. The number of halogens is 1. The molecule has 3 heterocycles. The molecule has 4 heteroatoms. The Morgan fingerprint density at radius 2 is 2.14 bits per heavy atom. The van der Waals surface area contributed by atoms with E-state index in [0.29, 0.717) is 5.02 Å². The highest BCUT2D eigenvalue weighted by molar-refractivity contribution is 6.34. The van der Waals surface area contributed by atoms with Gasteiger partial charge in [0.1, 0.15) is 5.52 Å². The van der Waals surface area contributed by atoms with Crippen molar-refractivity contribution in [1.82, 2.24) is 14.4 Å². The number of fused-ring (bicyclic) bond motifs is 3. The predicted octanol–water partition coefficient (Wildman–Crippen LogP) is 2.54. The zero-order chi connectivity index (χ0) is 9.54. The molecule has 0 spiro atoms. The summed E-state index contributed by atoms with van der Waals surface area (Å²) in [5, 5.41) is 0.630. The van der Waals surface area contributed by atoms with Crippen LogP contribution in [-0.2, 0) is 0 Å². The van der Waals surface area contributed by atoms with Gasteiger partial charge in [-0.15, -0.1) is 0 Å². The van der Waals surface area contributed by atoms with Crippen LogP contribution in [0, 0.1) is 0 Å². The molecule has 0 amide bonds. The van der Waals surface area contributed by atoms with Crippen molar-refractivity contribution in [1.29, 1.82) is 0 Å². The maximum Gasteiger partial charge on any atom is 0.164 e. The van der Waals surface area contributed by atoms with Crippen LogP contribution in [-0.4, -0.2) is 14.4 Å². The monoisotopic (exact) mass is 203 g/mol. The van der Waals surface area contributed by atoms with Gasteiger partial charge in [-0.2, -0.15) is 0 Å². The minimum absolute atomic E-state index is 0.630. The van der Waals surface area contributed by atoms with E-state index in [-0.39, 0.29) is 0 Å². The van der Waals surface area contributed by atoms with Crippen LogP contribution < -0.4 is 0 Å². The molecule has 0 unspecified atom stereocenters. The largest absolute Gasteiger partial charge is 0.298 e. The van der Waals surface area contributed by atoms with E-state index >= 15 is 0 Å². The fourth-order valence-corrected chi connectivity index (χ4v) is 1.73. The molecule has 3 aromatic rings. The van der Waals surface area contributed by atoms with E-state index in [1.165, 1.54) is 0 Å². The van der Waals surface area contributed by atoms with Crippen LogP contribution in [0.1, 0.15) is 0 Å². The molecule has 0 aliphatic heterocycles. The number of rotatable bonds is 0. The van der Waals surface area contributed by atoms with Crippen molar-refractivity contribution < 1.29 is 0 Å². The SMILES string of the molecule is Clc1ccnc2c1ncc1cccn12. The van der Waals surface area contributed by atoms with E-state index < -0.39 is 0 Å². The van der Waals surface area contributed by atoms with E-state index in [4.69, 9.17) is 11.6 Å². The molecule has 68 valence electrons. The second-order valence-corrected chi connectivity index (χ2v) is 3.43. The molecule has 0 aromatic carbocycles. The van der Waals surface area contributed by atoms with E-state index in [1.807, 2.05) is 22.7 Å². The van der Waals surface area contributed by atoms with Gasteiger partial charge in [0.25, 0.3) is 0 Å². The molecule has 0 fully saturated rings. The minimum Gasteiger partial charge on any atom is -0.298 e. The van der Waals surface area contributed by atoms with Crippen LogP contribution in [0.15, 0.2) is 36.8 Å². The van der Waals surface area contributed by atoms with Gasteiger partial charge in [0.05, 0.1) is 16.7 Å². The first kappa shape index (κ1) is 7.76. The van der Waals surface area contributed by atoms with Crippen LogP contribution in [0.5, 0.6) is 0 Å². The molecular formula is C10H6ClN3. The average Bonchev–Trinajstić information content (AvgIpc) is 2.66. The van der Waals surface area contributed by atoms with Crippen LogP contribution >= 0.6 is 11.6 Å². The molecule has 0 aliphatic rings. The zero-order valence-corrected chi connectivity index (χ0v) is 7.94. The number of hydrogen-bond donors (Lipinski definition) is 0. The summed E-state index contributed by atoms with van der Waals surface area (Å²) in [6, 6.07) is 5.68. The third-order valence-corrected chi connectivity index (χ3v) is 2.50. The van der Waals surface area contributed by atoms with Gasteiger partial charge in [0.15, 0.2) is 5.65 Å². The highest BCUT2D eigenvalue weighted by Gasteiger charge is 2.04. The molecule has 14 heavy (non-hydrogen) atoms. The van der Waals surface area contributed by atoms with Crippen LogP contribution in [0.2, 0.25) is 5.02 Å². The number of nitrogens with zero attached hydrogens (tertiary/aromatic N) is 3. The van der Waals surface area contributed by atoms with Crippen LogP contribution in [0.3, 0.4) is 0 Å². The summed E-state index contributed by atoms with van der Waals surface area (Å²) in [4.78, 5) is 8.52. The lowest BCUT2D eigenvalue weighted by Crippen LogP contribution is -1.92. The van der Waals surface area contributed by atoms with E-state index in [2.05, 4.69) is 9.97 Å². The maximum absolute atomic E-state index is 6.01. The molecule has 3 rings (SSSR count). The summed E-state index contributed by atoms with van der Waals surface area (Å²) in [6.07, 6.45) is 5.42. The van der Waals surface area contributed by atoms with Gasteiger partial charge in [0.2, 0.25) is 0 Å². The van der Waals surface area contributed by atoms with Crippen molar-refractivity contribution >= 4 is 28.3 Å². The van der Waals surface area contributed by atoms with Gasteiger partial charge in [-0.1, -0.05) is 11.6 Å². The maximum atomic E-state index is 6.01. The highest BCUT2D eigenvalue weighted by Crippen LogP contribution is 2.20. The topological polar surface area (TPSA) is 30.2 Å². The molecule has 0 N–H and O–H groups in total. The highest BCUT2D eigenvalue weighted by atomic mass is 35.5. The fourth-order valence-electron chi connectivity index (χ4n) is 1.54. The Labute approximate surface area is 85.0 Å². The summed E-state index contributed by atoms with van der Waals surface area (Å²) < 4.78 is 1.97.